The van der Waals surface area contributed by atoms with E-state index in [4.69, 9.17) is 7.48 Å². The number of rotatable bonds is 4. The van der Waals surface area contributed by atoms with Crippen molar-refractivity contribution >= 4 is 5.97 Å². The van der Waals surface area contributed by atoms with E-state index in [0.29, 0.717) is 6.42 Å². The molecule has 0 aliphatic rings. The number of carbonyl (C=O) groups excluding carboxylic acids is 1. The van der Waals surface area contributed by atoms with E-state index in [1.54, 1.807) is 0 Å². The van der Waals surface area contributed by atoms with Crippen LogP contribution in [0.4, 0.5) is 0 Å². The van der Waals surface area contributed by atoms with E-state index < -0.39 is 5.92 Å². The highest BCUT2D eigenvalue weighted by Gasteiger charge is 2.18. The van der Waals surface area contributed by atoms with Gasteiger partial charge in [0, 0.05) is 0 Å². The van der Waals surface area contributed by atoms with Crippen molar-refractivity contribution in [3.63, 3.8) is 0 Å². The molecule has 0 radical (unpaired) electrons. The van der Waals surface area contributed by atoms with Crippen molar-refractivity contribution in [1.82, 2.24) is 0 Å². The highest BCUT2D eigenvalue weighted by molar-refractivity contribution is 5.78. The molecular formula is C12H14O2. The van der Waals surface area contributed by atoms with Gasteiger partial charge in [-0.05, 0) is 12.0 Å². The van der Waals surface area contributed by atoms with Gasteiger partial charge in [0.1, 0.15) is 0 Å². The van der Waals surface area contributed by atoms with Gasteiger partial charge in [-0.2, -0.15) is 0 Å². The Morgan fingerprint density at radius 1 is 1.64 bits per heavy atom. The lowest BCUT2D eigenvalue weighted by Gasteiger charge is -2.12. The van der Waals surface area contributed by atoms with Crippen LogP contribution < -0.4 is 0 Å². The van der Waals surface area contributed by atoms with Crippen molar-refractivity contribution in [2.75, 3.05) is 7.11 Å². The Hall–Kier alpha value is -1.57. The van der Waals surface area contributed by atoms with Gasteiger partial charge in [-0.1, -0.05) is 36.4 Å². The Balaban J connectivity index is 2.88. The third-order valence-electron chi connectivity index (χ3n) is 2.04. The number of ether oxygens (including phenoxy) is 1. The van der Waals surface area contributed by atoms with Gasteiger partial charge >= 0.3 is 5.97 Å². The molecule has 0 N–H and O–H groups in total. The van der Waals surface area contributed by atoms with Crippen molar-refractivity contribution in [3.8, 4) is 0 Å². The van der Waals surface area contributed by atoms with Gasteiger partial charge in [-0.25, -0.2) is 0 Å². The standard InChI is InChI=1S/C12H14O2/c1-3-7-11(12(13)14-2)10-8-5-4-6-9-10/h3-6,8-9,11H,1,7H2,2H3/i1D2. The van der Waals surface area contributed by atoms with Crippen LogP contribution in [0.2, 0.25) is 0 Å². The number of hydrogen-bond donors (Lipinski definition) is 0. The van der Waals surface area contributed by atoms with Gasteiger partial charge in [0.25, 0.3) is 0 Å². The normalized spacial score (nSPS) is 13.5. The smallest absolute Gasteiger partial charge is 0.313 e. The maximum Gasteiger partial charge on any atom is 0.313 e. The first-order chi connectivity index (χ1) is 7.65. The summed E-state index contributed by atoms with van der Waals surface area (Å²) < 4.78 is 18.7. The lowest BCUT2D eigenvalue weighted by Crippen LogP contribution is -2.13. The van der Waals surface area contributed by atoms with E-state index >= 15 is 0 Å². The summed E-state index contributed by atoms with van der Waals surface area (Å²) in [5.41, 5.74) is 0.840. The van der Waals surface area contributed by atoms with Crippen molar-refractivity contribution < 1.29 is 12.3 Å². The van der Waals surface area contributed by atoms with E-state index in [9.17, 15) is 4.79 Å². The first-order valence-electron chi connectivity index (χ1n) is 5.41. The van der Waals surface area contributed by atoms with Gasteiger partial charge in [0.05, 0.1) is 15.8 Å². The number of methoxy groups -OCH3 is 1. The molecular weight excluding hydrogens is 176 g/mol. The monoisotopic (exact) mass is 192 g/mol. The zero-order valence-corrected chi connectivity index (χ0v) is 8.07. The van der Waals surface area contributed by atoms with Crippen LogP contribution in [-0.4, -0.2) is 13.1 Å². The summed E-state index contributed by atoms with van der Waals surface area (Å²) in [6.07, 6.45) is 1.72. The quantitative estimate of drug-likeness (QED) is 0.541. The predicted molar refractivity (Wildman–Crippen MR) is 56.0 cm³/mol. The predicted octanol–water partition coefficient (Wildman–Crippen LogP) is 2.52. The fourth-order valence-electron chi connectivity index (χ4n) is 1.31. The second-order valence-electron chi connectivity index (χ2n) is 2.93. The van der Waals surface area contributed by atoms with Crippen molar-refractivity contribution in [2.45, 2.75) is 12.3 Å². The zero-order chi connectivity index (χ0) is 12.0. The van der Waals surface area contributed by atoms with Gasteiger partial charge in [-0.3, -0.25) is 4.79 Å². The average molecular weight is 192 g/mol. The van der Waals surface area contributed by atoms with Gasteiger partial charge < -0.3 is 4.74 Å². The Morgan fingerprint density at radius 3 is 2.93 bits per heavy atom. The fourth-order valence-corrected chi connectivity index (χ4v) is 1.31. The zero-order valence-electron chi connectivity index (χ0n) is 10.1. The minimum Gasteiger partial charge on any atom is -0.469 e. The molecule has 0 spiro atoms. The van der Waals surface area contributed by atoms with Crippen LogP contribution in [-0.2, 0) is 9.53 Å². The Bertz CT molecular complexity index is 370. The van der Waals surface area contributed by atoms with E-state index in [1.807, 2.05) is 30.3 Å². The van der Waals surface area contributed by atoms with Crippen LogP contribution in [0.1, 0.15) is 20.6 Å². The molecule has 0 aliphatic carbocycles. The SMILES string of the molecule is [2H]C([2H])=CCC(C(=O)OC)c1ccccc1. The number of hydrogen-bond acceptors (Lipinski definition) is 2. The van der Waals surface area contributed by atoms with E-state index in [2.05, 4.69) is 0 Å². The molecule has 14 heavy (non-hydrogen) atoms. The molecule has 1 unspecified atom stereocenters. The number of allylic oxidation sites excluding steroid dienone is 1. The lowest BCUT2D eigenvalue weighted by atomic mass is 9.96. The van der Waals surface area contributed by atoms with Gasteiger partial charge in [0.2, 0.25) is 0 Å². The van der Waals surface area contributed by atoms with Crippen LogP contribution >= 0.6 is 0 Å². The fraction of sp³-hybridized carbons (Fsp3) is 0.250. The molecule has 2 heteroatoms. The van der Waals surface area contributed by atoms with Gasteiger partial charge in [-0.15, -0.1) is 6.53 Å². The van der Waals surface area contributed by atoms with Crippen molar-refractivity contribution in [1.29, 1.82) is 0 Å². The maximum atomic E-state index is 11.6. The first kappa shape index (κ1) is 7.80. The van der Waals surface area contributed by atoms with Crippen LogP contribution in [0.5, 0.6) is 0 Å². The molecule has 0 aliphatic heterocycles. The number of benzene rings is 1. The largest absolute Gasteiger partial charge is 0.469 e. The molecule has 1 atom stereocenters. The summed E-state index contributed by atoms with van der Waals surface area (Å²) in [5, 5.41) is 0. The minimum absolute atomic E-state index is 0.287. The summed E-state index contributed by atoms with van der Waals surface area (Å²) in [5.74, 6) is -0.777. The summed E-state index contributed by atoms with van der Waals surface area (Å²) >= 11 is 0. The topological polar surface area (TPSA) is 26.3 Å². The Kier molecular flexibility index (Phi) is 2.91. The number of carbonyl (C=O) groups is 1. The molecule has 1 aromatic rings. The van der Waals surface area contributed by atoms with Crippen LogP contribution in [0.3, 0.4) is 0 Å². The molecule has 1 aromatic carbocycles. The Labute approximate surface area is 87.0 Å². The van der Waals surface area contributed by atoms with Crippen LogP contribution in [0, 0.1) is 0 Å². The minimum atomic E-state index is -0.433. The molecule has 0 bridgehead atoms. The second kappa shape index (κ2) is 5.22. The second-order valence-corrected chi connectivity index (χ2v) is 2.93. The van der Waals surface area contributed by atoms with Crippen LogP contribution in [0.15, 0.2) is 42.9 Å². The van der Waals surface area contributed by atoms with Crippen molar-refractivity contribution in [2.24, 2.45) is 0 Å². The highest BCUT2D eigenvalue weighted by atomic mass is 16.5. The Morgan fingerprint density at radius 2 is 2.36 bits per heavy atom. The molecule has 0 fully saturated rings. The van der Waals surface area contributed by atoms with Gasteiger partial charge in [0.15, 0.2) is 0 Å². The maximum absolute atomic E-state index is 11.6. The number of esters is 1. The molecule has 1 rings (SSSR count). The molecule has 0 aromatic heterocycles. The molecule has 0 saturated heterocycles. The lowest BCUT2D eigenvalue weighted by molar-refractivity contribution is -0.142. The summed E-state index contributed by atoms with van der Waals surface area (Å²) in [6, 6.07) is 9.23. The highest BCUT2D eigenvalue weighted by Crippen LogP contribution is 2.20. The first-order valence-corrected chi connectivity index (χ1v) is 4.41. The van der Waals surface area contributed by atoms with E-state index in [1.165, 1.54) is 13.2 Å². The van der Waals surface area contributed by atoms with E-state index in [-0.39, 0.29) is 12.5 Å². The molecule has 2 nitrogen and oxygen atoms in total. The third kappa shape index (κ3) is 2.46. The third-order valence-corrected chi connectivity index (χ3v) is 2.04. The molecule has 0 saturated carbocycles. The van der Waals surface area contributed by atoms with Crippen LogP contribution in [0.25, 0.3) is 0 Å². The van der Waals surface area contributed by atoms with E-state index in [0.717, 1.165) is 5.56 Å². The molecule has 0 amide bonds. The summed E-state index contributed by atoms with van der Waals surface area (Å²) in [6.45, 7) is -0.287. The average Bonchev–Trinajstić information content (AvgIpc) is 2.30. The molecule has 0 heterocycles. The summed E-state index contributed by atoms with van der Waals surface area (Å²) in [4.78, 5) is 11.6. The van der Waals surface area contributed by atoms with Crippen molar-refractivity contribution in [3.05, 3.63) is 48.5 Å². The molecule has 74 valence electrons. The summed E-state index contributed by atoms with van der Waals surface area (Å²) in [7, 11) is 1.34.